The Morgan fingerprint density at radius 2 is 1.84 bits per heavy atom. The Kier molecular flexibility index (Phi) is 6.03. The molecular formula is C26H24O5. The van der Waals surface area contributed by atoms with Crippen LogP contribution in [0.3, 0.4) is 0 Å². The van der Waals surface area contributed by atoms with Crippen molar-refractivity contribution < 1.29 is 23.8 Å². The highest BCUT2D eigenvalue weighted by Crippen LogP contribution is 2.39. The summed E-state index contributed by atoms with van der Waals surface area (Å²) in [6, 6.07) is 18.6. The first-order valence-electron chi connectivity index (χ1n) is 10.5. The van der Waals surface area contributed by atoms with E-state index < -0.39 is 5.97 Å². The maximum atomic E-state index is 12.4. The van der Waals surface area contributed by atoms with Crippen LogP contribution in [0.15, 0.2) is 71.5 Å². The predicted octanol–water partition coefficient (Wildman–Crippen LogP) is 5.95. The number of hydrogen-bond donors (Lipinski definition) is 1. The maximum Gasteiger partial charge on any atom is 0.338 e. The average Bonchev–Trinajstić information content (AvgIpc) is 3.34. The average molecular weight is 416 g/mol. The molecule has 5 nitrogen and oxygen atoms in total. The Balaban J connectivity index is 0.000000245. The van der Waals surface area contributed by atoms with Gasteiger partial charge in [-0.05, 0) is 64.9 Å². The zero-order valence-electron chi connectivity index (χ0n) is 17.3. The molecule has 1 unspecified atom stereocenters. The molecule has 1 aromatic heterocycles. The van der Waals surface area contributed by atoms with E-state index in [1.165, 1.54) is 51.3 Å². The van der Waals surface area contributed by atoms with Crippen LogP contribution in [0.25, 0.3) is 21.5 Å². The molecule has 0 spiro atoms. The third kappa shape index (κ3) is 4.17. The number of carbonyl (C=O) groups excluding carboxylic acids is 1. The van der Waals surface area contributed by atoms with Crippen molar-refractivity contribution in [2.45, 2.75) is 32.1 Å². The molecule has 1 aliphatic rings. The first-order valence-corrected chi connectivity index (χ1v) is 10.5. The molecule has 0 amide bonds. The molecule has 5 rings (SSSR count). The molecule has 4 aromatic rings. The van der Waals surface area contributed by atoms with Gasteiger partial charge in [0.1, 0.15) is 6.26 Å². The zero-order chi connectivity index (χ0) is 21.8. The van der Waals surface area contributed by atoms with Crippen LogP contribution >= 0.6 is 0 Å². The minimum absolute atomic E-state index is 0.0749. The quantitative estimate of drug-likeness (QED) is 0.330. The number of esters is 1. The summed E-state index contributed by atoms with van der Waals surface area (Å²) >= 11 is 0. The molecule has 3 aromatic carbocycles. The van der Waals surface area contributed by atoms with Crippen molar-refractivity contribution in [1.29, 1.82) is 0 Å². The largest absolute Gasteiger partial charge is 0.478 e. The van der Waals surface area contributed by atoms with Gasteiger partial charge in [-0.2, -0.15) is 0 Å². The molecule has 0 aliphatic heterocycles. The first-order chi connectivity index (χ1) is 15.1. The number of carbonyl (C=O) groups is 2. The Hall–Kier alpha value is -3.60. The van der Waals surface area contributed by atoms with E-state index in [4.69, 9.17) is 9.84 Å². The molecule has 31 heavy (non-hydrogen) atoms. The van der Waals surface area contributed by atoms with Crippen LogP contribution in [0.2, 0.25) is 0 Å². The number of benzene rings is 3. The van der Waals surface area contributed by atoms with Gasteiger partial charge in [0.15, 0.2) is 0 Å². The van der Waals surface area contributed by atoms with E-state index in [9.17, 15) is 9.59 Å². The summed E-state index contributed by atoms with van der Waals surface area (Å²) in [4.78, 5) is 22.4. The SMILES string of the molecule is CCOC(=O)C1CCCc2ccc3c(ccc4ccccc43)c21.O=C(O)c1ccoc1. The van der Waals surface area contributed by atoms with Crippen molar-refractivity contribution >= 4 is 33.5 Å². The van der Waals surface area contributed by atoms with Crippen molar-refractivity contribution in [3.63, 3.8) is 0 Å². The number of carboxylic acid groups (broad SMARTS) is 1. The zero-order valence-corrected chi connectivity index (χ0v) is 17.3. The number of aryl methyl sites for hydroxylation is 1. The fourth-order valence-electron chi connectivity index (χ4n) is 4.29. The summed E-state index contributed by atoms with van der Waals surface area (Å²) in [5, 5.41) is 13.1. The maximum absolute atomic E-state index is 12.4. The lowest BCUT2D eigenvalue weighted by Crippen LogP contribution is -2.21. The van der Waals surface area contributed by atoms with Crippen molar-refractivity contribution in [2.75, 3.05) is 6.61 Å². The van der Waals surface area contributed by atoms with Crippen LogP contribution in [0, 0.1) is 0 Å². The van der Waals surface area contributed by atoms with Gasteiger partial charge in [-0.25, -0.2) is 4.79 Å². The summed E-state index contributed by atoms with van der Waals surface area (Å²) in [6.07, 6.45) is 5.49. The summed E-state index contributed by atoms with van der Waals surface area (Å²) < 4.78 is 9.83. The Labute approximate surface area is 180 Å². The van der Waals surface area contributed by atoms with E-state index >= 15 is 0 Å². The van der Waals surface area contributed by atoms with E-state index in [0.29, 0.717) is 6.61 Å². The van der Waals surface area contributed by atoms with Crippen LogP contribution in [0.1, 0.15) is 47.2 Å². The van der Waals surface area contributed by atoms with Crippen LogP contribution in [-0.4, -0.2) is 23.7 Å². The fourth-order valence-corrected chi connectivity index (χ4v) is 4.29. The number of hydrogen-bond acceptors (Lipinski definition) is 4. The highest BCUT2D eigenvalue weighted by Gasteiger charge is 2.29. The minimum Gasteiger partial charge on any atom is -0.478 e. The lowest BCUT2D eigenvalue weighted by Gasteiger charge is -2.26. The van der Waals surface area contributed by atoms with Crippen LogP contribution in [0.5, 0.6) is 0 Å². The molecule has 0 bridgehead atoms. The fraction of sp³-hybridized carbons (Fsp3) is 0.231. The molecule has 0 fully saturated rings. The summed E-state index contributed by atoms with van der Waals surface area (Å²) in [6.45, 7) is 2.32. The van der Waals surface area contributed by atoms with Gasteiger partial charge in [0.2, 0.25) is 0 Å². The summed E-state index contributed by atoms with van der Waals surface area (Å²) in [5.41, 5.74) is 2.68. The third-order valence-electron chi connectivity index (χ3n) is 5.68. The minimum atomic E-state index is -0.959. The number of furan rings is 1. The molecule has 1 heterocycles. The van der Waals surface area contributed by atoms with Crippen molar-refractivity contribution in [1.82, 2.24) is 0 Å². The number of fused-ring (bicyclic) bond motifs is 5. The molecular weight excluding hydrogens is 392 g/mol. The summed E-state index contributed by atoms with van der Waals surface area (Å²) in [7, 11) is 0. The number of aromatic carboxylic acids is 1. The normalized spacial score (nSPS) is 15.1. The van der Waals surface area contributed by atoms with E-state index in [2.05, 4.69) is 52.9 Å². The molecule has 0 saturated carbocycles. The van der Waals surface area contributed by atoms with Crippen LogP contribution in [-0.2, 0) is 16.0 Å². The van der Waals surface area contributed by atoms with Crippen LogP contribution in [0.4, 0.5) is 0 Å². The lowest BCUT2D eigenvalue weighted by molar-refractivity contribution is -0.145. The highest BCUT2D eigenvalue weighted by molar-refractivity contribution is 6.09. The van der Waals surface area contributed by atoms with Crippen molar-refractivity contribution in [3.8, 4) is 0 Å². The van der Waals surface area contributed by atoms with Gasteiger partial charge in [0.05, 0.1) is 24.4 Å². The van der Waals surface area contributed by atoms with Gasteiger partial charge < -0.3 is 14.3 Å². The van der Waals surface area contributed by atoms with Gasteiger partial charge in [0.25, 0.3) is 0 Å². The van der Waals surface area contributed by atoms with Gasteiger partial charge in [-0.15, -0.1) is 0 Å². The first kappa shape index (κ1) is 20.7. The van der Waals surface area contributed by atoms with Crippen LogP contribution < -0.4 is 0 Å². The number of carboxylic acids is 1. The monoisotopic (exact) mass is 416 g/mol. The number of ether oxygens (including phenoxy) is 1. The second-order valence-electron chi connectivity index (χ2n) is 7.53. The molecule has 158 valence electrons. The standard InChI is InChI=1S/C21H20O2.C5H4O3/c1-2-23-21(22)19-9-5-7-15-11-12-17-16-8-4-3-6-14(16)10-13-18(17)20(15)19;6-5(7)4-1-2-8-3-4/h3-4,6,8,10-13,19H,2,5,7,9H2,1H3;1-3H,(H,6,7). The van der Waals surface area contributed by atoms with E-state index in [-0.39, 0.29) is 17.5 Å². The Morgan fingerprint density at radius 3 is 2.55 bits per heavy atom. The topological polar surface area (TPSA) is 76.7 Å². The van der Waals surface area contributed by atoms with Gasteiger partial charge in [-0.1, -0.05) is 48.5 Å². The molecule has 1 aliphatic carbocycles. The van der Waals surface area contributed by atoms with Gasteiger partial charge in [-0.3, -0.25) is 4.79 Å². The van der Waals surface area contributed by atoms with Crippen molar-refractivity contribution in [3.05, 3.63) is 83.8 Å². The van der Waals surface area contributed by atoms with E-state index in [1.807, 2.05) is 6.92 Å². The second-order valence-corrected chi connectivity index (χ2v) is 7.53. The smallest absolute Gasteiger partial charge is 0.338 e. The lowest BCUT2D eigenvalue weighted by atomic mass is 9.79. The molecule has 1 atom stereocenters. The van der Waals surface area contributed by atoms with Gasteiger partial charge >= 0.3 is 11.9 Å². The molecule has 1 N–H and O–H groups in total. The van der Waals surface area contributed by atoms with E-state index in [1.54, 1.807) is 0 Å². The van der Waals surface area contributed by atoms with Gasteiger partial charge in [0, 0.05) is 0 Å². The molecule has 5 heteroatoms. The predicted molar refractivity (Wildman–Crippen MR) is 119 cm³/mol. The third-order valence-corrected chi connectivity index (χ3v) is 5.68. The summed E-state index contributed by atoms with van der Waals surface area (Å²) in [5.74, 6) is -1.16. The molecule has 0 radical (unpaired) electrons. The Morgan fingerprint density at radius 1 is 1.03 bits per heavy atom. The highest BCUT2D eigenvalue weighted by atomic mass is 16.5. The van der Waals surface area contributed by atoms with E-state index in [0.717, 1.165) is 19.3 Å². The van der Waals surface area contributed by atoms with Crippen molar-refractivity contribution in [2.24, 2.45) is 0 Å². The molecule has 0 saturated heterocycles. The second kappa shape index (κ2) is 9.04. The number of rotatable bonds is 3. The Bertz CT molecular complexity index is 1220.